The van der Waals surface area contributed by atoms with E-state index in [0.717, 1.165) is 17.8 Å². The van der Waals surface area contributed by atoms with Gasteiger partial charge in [0.1, 0.15) is 5.69 Å². The Morgan fingerprint density at radius 1 is 1.33 bits per heavy atom. The molecule has 0 fully saturated rings. The van der Waals surface area contributed by atoms with E-state index in [1.54, 1.807) is 18.3 Å². The van der Waals surface area contributed by atoms with Crippen LogP contribution in [0.15, 0.2) is 55.3 Å². The summed E-state index contributed by atoms with van der Waals surface area (Å²) >= 11 is 0. The number of carbonyl (C=O) groups excluding carboxylic acids is 1. The molecule has 0 saturated carbocycles. The number of hydrogen-bond acceptors (Lipinski definition) is 3. The minimum atomic E-state index is -0.206. The van der Waals surface area contributed by atoms with Crippen LogP contribution >= 0.6 is 0 Å². The molecule has 1 amide bonds. The summed E-state index contributed by atoms with van der Waals surface area (Å²) in [7, 11) is 0. The van der Waals surface area contributed by atoms with E-state index >= 15 is 0 Å². The van der Waals surface area contributed by atoms with Crippen molar-refractivity contribution in [2.75, 3.05) is 11.9 Å². The third-order valence-electron chi connectivity index (χ3n) is 3.08. The lowest BCUT2D eigenvalue weighted by Gasteiger charge is -2.11. The number of amides is 1. The molecular formula is C17H19N3O. The molecule has 0 aliphatic heterocycles. The van der Waals surface area contributed by atoms with E-state index < -0.39 is 0 Å². The fourth-order valence-corrected chi connectivity index (χ4v) is 1.99. The van der Waals surface area contributed by atoms with Gasteiger partial charge in [0, 0.05) is 24.1 Å². The summed E-state index contributed by atoms with van der Waals surface area (Å²) < 4.78 is 0. The van der Waals surface area contributed by atoms with Gasteiger partial charge in [0.15, 0.2) is 0 Å². The van der Waals surface area contributed by atoms with Crippen LogP contribution in [-0.2, 0) is 6.42 Å². The number of para-hydroxylation sites is 1. The maximum Gasteiger partial charge on any atom is 0.270 e. The monoisotopic (exact) mass is 281 g/mol. The number of carbonyl (C=O) groups is 1. The molecule has 0 radical (unpaired) electrons. The molecule has 0 spiro atoms. The van der Waals surface area contributed by atoms with Gasteiger partial charge in [-0.3, -0.25) is 9.78 Å². The van der Waals surface area contributed by atoms with Crippen molar-refractivity contribution in [3.63, 3.8) is 0 Å². The summed E-state index contributed by atoms with van der Waals surface area (Å²) in [5.41, 5.74) is 3.50. The maximum absolute atomic E-state index is 11.9. The Hall–Kier alpha value is -2.62. The molecule has 0 saturated heterocycles. The van der Waals surface area contributed by atoms with Crippen molar-refractivity contribution in [1.29, 1.82) is 0 Å². The highest BCUT2D eigenvalue weighted by Gasteiger charge is 2.07. The van der Waals surface area contributed by atoms with Crippen LogP contribution in [0.1, 0.15) is 23.0 Å². The van der Waals surface area contributed by atoms with Crippen molar-refractivity contribution in [3.8, 4) is 0 Å². The van der Waals surface area contributed by atoms with Crippen molar-refractivity contribution >= 4 is 17.3 Å². The number of aryl methyl sites for hydroxylation is 1. The highest BCUT2D eigenvalue weighted by atomic mass is 16.1. The third-order valence-corrected chi connectivity index (χ3v) is 3.08. The fraction of sp³-hybridized carbons (Fsp3) is 0.176. The van der Waals surface area contributed by atoms with Crippen LogP contribution in [0.5, 0.6) is 0 Å². The lowest BCUT2D eigenvalue weighted by atomic mass is 10.1. The van der Waals surface area contributed by atoms with Crippen LogP contribution in [0.4, 0.5) is 11.4 Å². The zero-order chi connectivity index (χ0) is 15.1. The molecule has 0 bridgehead atoms. The van der Waals surface area contributed by atoms with Crippen LogP contribution < -0.4 is 10.6 Å². The molecule has 0 unspecified atom stereocenters. The molecule has 21 heavy (non-hydrogen) atoms. The van der Waals surface area contributed by atoms with Gasteiger partial charge in [0.05, 0.1) is 0 Å². The molecule has 2 rings (SSSR count). The molecule has 0 aliphatic rings. The van der Waals surface area contributed by atoms with Crippen molar-refractivity contribution in [2.24, 2.45) is 0 Å². The number of nitrogens with one attached hydrogen (secondary N) is 2. The molecule has 4 nitrogen and oxygen atoms in total. The molecule has 0 aliphatic carbocycles. The average Bonchev–Trinajstić information content (AvgIpc) is 2.53. The van der Waals surface area contributed by atoms with Gasteiger partial charge < -0.3 is 10.6 Å². The lowest BCUT2D eigenvalue weighted by molar-refractivity contribution is 0.0953. The van der Waals surface area contributed by atoms with Crippen LogP contribution in [0.25, 0.3) is 0 Å². The fourth-order valence-electron chi connectivity index (χ4n) is 1.99. The number of nitrogens with zero attached hydrogens (tertiary/aromatic N) is 1. The number of aromatic nitrogens is 1. The largest absolute Gasteiger partial charge is 0.355 e. The molecule has 1 aromatic heterocycles. The summed E-state index contributed by atoms with van der Waals surface area (Å²) in [5, 5.41) is 6.05. The van der Waals surface area contributed by atoms with Crippen LogP contribution in [-0.4, -0.2) is 17.4 Å². The number of pyridine rings is 1. The van der Waals surface area contributed by atoms with E-state index in [1.165, 1.54) is 5.56 Å². The van der Waals surface area contributed by atoms with Gasteiger partial charge in [-0.05, 0) is 30.2 Å². The number of hydrogen-bond donors (Lipinski definition) is 2. The van der Waals surface area contributed by atoms with Gasteiger partial charge in [-0.2, -0.15) is 0 Å². The first-order chi connectivity index (χ1) is 10.2. The highest BCUT2D eigenvalue weighted by Crippen LogP contribution is 2.21. The number of benzene rings is 1. The minimum absolute atomic E-state index is 0.206. The molecule has 108 valence electrons. The first-order valence-electron chi connectivity index (χ1n) is 6.94. The van der Waals surface area contributed by atoms with E-state index in [1.807, 2.05) is 24.3 Å². The second kappa shape index (κ2) is 7.24. The van der Waals surface area contributed by atoms with Gasteiger partial charge in [0.25, 0.3) is 5.91 Å². The summed E-state index contributed by atoms with van der Waals surface area (Å²) in [6.45, 7) is 6.11. The molecular weight excluding hydrogens is 262 g/mol. The Morgan fingerprint density at radius 2 is 2.14 bits per heavy atom. The zero-order valence-corrected chi connectivity index (χ0v) is 12.1. The summed E-state index contributed by atoms with van der Waals surface area (Å²) in [6.07, 6.45) is 4.21. The number of rotatable bonds is 6. The molecule has 0 atom stereocenters. The predicted octanol–water partition coefficient (Wildman–Crippen LogP) is 3.30. The average molecular weight is 281 g/mol. The Bertz CT molecular complexity index is 637. The SMILES string of the molecule is C=CCNC(=O)c1cc(Nc2ccccc2CC)ccn1. The maximum atomic E-state index is 11.9. The molecule has 4 heteroatoms. The summed E-state index contributed by atoms with van der Waals surface area (Å²) in [4.78, 5) is 16.0. The first kappa shape index (κ1) is 14.8. The lowest BCUT2D eigenvalue weighted by Crippen LogP contribution is -2.24. The van der Waals surface area contributed by atoms with Crippen LogP contribution in [0.2, 0.25) is 0 Å². The normalized spacial score (nSPS) is 9.95. The molecule has 2 N–H and O–H groups in total. The van der Waals surface area contributed by atoms with Gasteiger partial charge >= 0.3 is 0 Å². The van der Waals surface area contributed by atoms with Gasteiger partial charge in [-0.1, -0.05) is 31.2 Å². The molecule has 1 aromatic carbocycles. The van der Waals surface area contributed by atoms with E-state index in [2.05, 4.69) is 35.2 Å². The van der Waals surface area contributed by atoms with E-state index in [-0.39, 0.29) is 5.91 Å². The van der Waals surface area contributed by atoms with Gasteiger partial charge in [0.2, 0.25) is 0 Å². The molecule has 2 aromatic rings. The third kappa shape index (κ3) is 3.92. The zero-order valence-electron chi connectivity index (χ0n) is 12.1. The van der Waals surface area contributed by atoms with E-state index in [0.29, 0.717) is 12.2 Å². The van der Waals surface area contributed by atoms with E-state index in [9.17, 15) is 4.79 Å². The smallest absolute Gasteiger partial charge is 0.270 e. The Kier molecular flexibility index (Phi) is 5.10. The second-order valence-electron chi connectivity index (χ2n) is 4.56. The van der Waals surface area contributed by atoms with Crippen molar-refractivity contribution < 1.29 is 4.79 Å². The van der Waals surface area contributed by atoms with Crippen molar-refractivity contribution in [1.82, 2.24) is 10.3 Å². The minimum Gasteiger partial charge on any atom is -0.355 e. The predicted molar refractivity (Wildman–Crippen MR) is 85.9 cm³/mol. The topological polar surface area (TPSA) is 54.0 Å². The first-order valence-corrected chi connectivity index (χ1v) is 6.94. The molecule has 1 heterocycles. The number of anilines is 2. The van der Waals surface area contributed by atoms with Crippen LogP contribution in [0, 0.1) is 0 Å². The van der Waals surface area contributed by atoms with Gasteiger partial charge in [-0.25, -0.2) is 0 Å². The Morgan fingerprint density at radius 3 is 2.90 bits per heavy atom. The highest BCUT2D eigenvalue weighted by molar-refractivity contribution is 5.93. The second-order valence-corrected chi connectivity index (χ2v) is 4.56. The quantitative estimate of drug-likeness (QED) is 0.799. The van der Waals surface area contributed by atoms with Crippen LogP contribution in [0.3, 0.4) is 0 Å². The standard InChI is InChI=1S/C17H19N3O/c1-3-10-19-17(21)16-12-14(9-11-18-16)20-15-8-6-5-7-13(15)4-2/h3,5-9,11-12H,1,4,10H2,2H3,(H,18,20)(H,19,21). The van der Waals surface area contributed by atoms with Crippen molar-refractivity contribution in [2.45, 2.75) is 13.3 Å². The van der Waals surface area contributed by atoms with Crippen molar-refractivity contribution in [3.05, 3.63) is 66.5 Å². The Balaban J connectivity index is 2.17. The van der Waals surface area contributed by atoms with Gasteiger partial charge in [-0.15, -0.1) is 6.58 Å². The van der Waals surface area contributed by atoms with E-state index in [4.69, 9.17) is 0 Å². The summed E-state index contributed by atoms with van der Waals surface area (Å²) in [5.74, 6) is -0.206. The Labute approximate surface area is 124 Å². The summed E-state index contributed by atoms with van der Waals surface area (Å²) in [6, 6.07) is 11.7.